The van der Waals surface area contributed by atoms with E-state index in [1.807, 2.05) is 0 Å². The average Bonchev–Trinajstić information content (AvgIpc) is 3.00. The van der Waals surface area contributed by atoms with Crippen LogP contribution in [0, 0.1) is 0 Å². The van der Waals surface area contributed by atoms with Crippen LogP contribution in [-0.2, 0) is 4.74 Å². The molecule has 1 aromatic rings. The van der Waals surface area contributed by atoms with Gasteiger partial charge in [-0.05, 0) is 30.5 Å². The van der Waals surface area contributed by atoms with Gasteiger partial charge in [-0.15, -0.1) is 0 Å². The van der Waals surface area contributed by atoms with E-state index in [1.165, 1.54) is 18.4 Å². The minimum absolute atomic E-state index is 0.204. The molecule has 0 radical (unpaired) electrons. The Bertz CT molecular complexity index is 293. The highest BCUT2D eigenvalue weighted by atomic mass is 79.9. The standard InChI is InChI=1S/C11H12Br2O/c12-7-11(14-10-5-6-10)8-1-3-9(13)4-2-8/h1-4,10-11H,5-7H2. The lowest BCUT2D eigenvalue weighted by molar-refractivity contribution is 0.0559. The van der Waals surface area contributed by atoms with Crippen LogP contribution >= 0.6 is 31.9 Å². The molecular weight excluding hydrogens is 308 g/mol. The molecule has 0 aromatic heterocycles. The number of hydrogen-bond acceptors (Lipinski definition) is 1. The normalized spacial score (nSPS) is 18.1. The van der Waals surface area contributed by atoms with Crippen LogP contribution in [0.3, 0.4) is 0 Å². The van der Waals surface area contributed by atoms with Crippen molar-refractivity contribution in [2.75, 3.05) is 5.33 Å². The maximum Gasteiger partial charge on any atom is 0.0925 e. The van der Waals surface area contributed by atoms with Crippen molar-refractivity contribution in [1.29, 1.82) is 0 Å². The highest BCUT2D eigenvalue weighted by Crippen LogP contribution is 2.32. The highest BCUT2D eigenvalue weighted by molar-refractivity contribution is 9.10. The molecule has 2 rings (SSSR count). The van der Waals surface area contributed by atoms with Gasteiger partial charge in [-0.1, -0.05) is 44.0 Å². The first-order chi connectivity index (χ1) is 6.79. The molecule has 1 aliphatic rings. The first-order valence-corrected chi connectivity index (χ1v) is 6.68. The van der Waals surface area contributed by atoms with Gasteiger partial charge < -0.3 is 4.74 Å². The van der Waals surface area contributed by atoms with E-state index in [9.17, 15) is 0 Å². The highest BCUT2D eigenvalue weighted by Gasteiger charge is 2.26. The van der Waals surface area contributed by atoms with E-state index in [0.717, 1.165) is 9.80 Å². The molecule has 1 aromatic carbocycles. The van der Waals surface area contributed by atoms with E-state index >= 15 is 0 Å². The second-order valence-corrected chi connectivity index (χ2v) is 5.09. The Kier molecular flexibility index (Phi) is 3.63. The van der Waals surface area contributed by atoms with Crippen LogP contribution < -0.4 is 0 Å². The number of ether oxygens (including phenoxy) is 1. The Morgan fingerprint density at radius 1 is 1.29 bits per heavy atom. The maximum atomic E-state index is 5.87. The molecule has 0 bridgehead atoms. The van der Waals surface area contributed by atoms with Crippen LogP contribution in [0.1, 0.15) is 24.5 Å². The quantitative estimate of drug-likeness (QED) is 0.760. The van der Waals surface area contributed by atoms with Crippen LogP contribution in [0.2, 0.25) is 0 Å². The van der Waals surface area contributed by atoms with Gasteiger partial charge in [0.1, 0.15) is 0 Å². The Balaban J connectivity index is 2.05. The van der Waals surface area contributed by atoms with Gasteiger partial charge in [0.25, 0.3) is 0 Å². The van der Waals surface area contributed by atoms with Crippen molar-refractivity contribution >= 4 is 31.9 Å². The van der Waals surface area contributed by atoms with E-state index in [-0.39, 0.29) is 6.10 Å². The molecular formula is C11H12Br2O. The van der Waals surface area contributed by atoms with Gasteiger partial charge in [-0.3, -0.25) is 0 Å². The molecule has 0 spiro atoms. The maximum absolute atomic E-state index is 5.87. The molecule has 1 nitrogen and oxygen atoms in total. The van der Waals surface area contributed by atoms with Crippen molar-refractivity contribution in [2.45, 2.75) is 25.0 Å². The van der Waals surface area contributed by atoms with E-state index in [4.69, 9.17) is 4.74 Å². The van der Waals surface area contributed by atoms with E-state index < -0.39 is 0 Å². The van der Waals surface area contributed by atoms with Crippen molar-refractivity contribution in [1.82, 2.24) is 0 Å². The molecule has 1 unspecified atom stereocenters. The topological polar surface area (TPSA) is 9.23 Å². The summed E-state index contributed by atoms with van der Waals surface area (Å²) in [5.74, 6) is 0. The summed E-state index contributed by atoms with van der Waals surface area (Å²) in [6.45, 7) is 0. The van der Waals surface area contributed by atoms with Gasteiger partial charge >= 0.3 is 0 Å². The number of rotatable bonds is 4. The van der Waals surface area contributed by atoms with Gasteiger partial charge in [0.2, 0.25) is 0 Å². The smallest absolute Gasteiger partial charge is 0.0925 e. The molecule has 76 valence electrons. The molecule has 1 saturated carbocycles. The van der Waals surface area contributed by atoms with Gasteiger partial charge in [-0.25, -0.2) is 0 Å². The summed E-state index contributed by atoms with van der Waals surface area (Å²) >= 11 is 6.92. The summed E-state index contributed by atoms with van der Waals surface area (Å²) in [5, 5.41) is 0.866. The fourth-order valence-corrected chi connectivity index (χ4v) is 2.11. The molecule has 1 aliphatic carbocycles. The third-order valence-corrected chi connectivity index (χ3v) is 3.38. The summed E-state index contributed by atoms with van der Waals surface area (Å²) in [7, 11) is 0. The van der Waals surface area contributed by atoms with Crippen molar-refractivity contribution in [2.24, 2.45) is 0 Å². The summed E-state index contributed by atoms with van der Waals surface area (Å²) < 4.78 is 6.99. The fourth-order valence-electron chi connectivity index (χ4n) is 1.32. The van der Waals surface area contributed by atoms with Crippen LogP contribution in [0.15, 0.2) is 28.7 Å². The van der Waals surface area contributed by atoms with Crippen LogP contribution in [-0.4, -0.2) is 11.4 Å². The zero-order valence-corrected chi connectivity index (χ0v) is 10.9. The van der Waals surface area contributed by atoms with E-state index in [2.05, 4.69) is 56.1 Å². The monoisotopic (exact) mass is 318 g/mol. The zero-order chi connectivity index (χ0) is 9.97. The first kappa shape index (κ1) is 10.7. The number of benzene rings is 1. The Morgan fingerprint density at radius 3 is 2.43 bits per heavy atom. The van der Waals surface area contributed by atoms with Gasteiger partial charge in [0.15, 0.2) is 0 Å². The van der Waals surface area contributed by atoms with Crippen molar-refractivity contribution < 1.29 is 4.74 Å². The third kappa shape index (κ3) is 2.81. The summed E-state index contributed by atoms with van der Waals surface area (Å²) in [4.78, 5) is 0. The minimum atomic E-state index is 0.204. The molecule has 0 heterocycles. The van der Waals surface area contributed by atoms with Gasteiger partial charge in [0, 0.05) is 9.80 Å². The number of hydrogen-bond donors (Lipinski definition) is 0. The van der Waals surface area contributed by atoms with Crippen LogP contribution in [0.5, 0.6) is 0 Å². The predicted octanol–water partition coefficient (Wildman–Crippen LogP) is 4.06. The van der Waals surface area contributed by atoms with Crippen LogP contribution in [0.25, 0.3) is 0 Å². The van der Waals surface area contributed by atoms with Crippen molar-refractivity contribution in [3.8, 4) is 0 Å². The van der Waals surface area contributed by atoms with Crippen molar-refractivity contribution in [3.63, 3.8) is 0 Å². The third-order valence-electron chi connectivity index (χ3n) is 2.26. The minimum Gasteiger partial charge on any atom is -0.369 e. The van der Waals surface area contributed by atoms with E-state index in [1.54, 1.807) is 0 Å². The summed E-state index contributed by atoms with van der Waals surface area (Å²) in [6, 6.07) is 8.33. The fraction of sp³-hybridized carbons (Fsp3) is 0.455. The molecule has 0 saturated heterocycles. The molecule has 0 amide bonds. The first-order valence-electron chi connectivity index (χ1n) is 4.76. The van der Waals surface area contributed by atoms with E-state index in [0.29, 0.717) is 6.10 Å². The SMILES string of the molecule is BrCC(OC1CC1)c1ccc(Br)cc1. The summed E-state index contributed by atoms with van der Waals surface area (Å²) in [5.41, 5.74) is 1.25. The Labute approximate surface area is 101 Å². The number of alkyl halides is 1. The second kappa shape index (κ2) is 4.77. The lowest BCUT2D eigenvalue weighted by Gasteiger charge is -2.15. The lowest BCUT2D eigenvalue weighted by Crippen LogP contribution is -2.06. The Hall–Kier alpha value is 0.140. The lowest BCUT2D eigenvalue weighted by atomic mass is 10.1. The molecule has 14 heavy (non-hydrogen) atoms. The molecule has 3 heteroatoms. The largest absolute Gasteiger partial charge is 0.369 e. The zero-order valence-electron chi connectivity index (χ0n) is 7.75. The predicted molar refractivity (Wildman–Crippen MR) is 64.8 cm³/mol. The van der Waals surface area contributed by atoms with Gasteiger partial charge in [0.05, 0.1) is 12.2 Å². The molecule has 1 atom stereocenters. The molecule has 0 aliphatic heterocycles. The van der Waals surface area contributed by atoms with Gasteiger partial charge in [-0.2, -0.15) is 0 Å². The van der Waals surface area contributed by atoms with Crippen LogP contribution in [0.4, 0.5) is 0 Å². The Morgan fingerprint density at radius 2 is 1.93 bits per heavy atom. The van der Waals surface area contributed by atoms with Crippen molar-refractivity contribution in [3.05, 3.63) is 34.3 Å². The second-order valence-electron chi connectivity index (χ2n) is 3.53. The average molecular weight is 320 g/mol. The number of halogens is 2. The molecule has 1 fully saturated rings. The molecule has 0 N–H and O–H groups in total. The summed E-state index contributed by atoms with van der Waals surface area (Å²) in [6.07, 6.45) is 3.15.